The van der Waals surface area contributed by atoms with Crippen LogP contribution in [0.4, 0.5) is 0 Å². The van der Waals surface area contributed by atoms with E-state index in [0.29, 0.717) is 18.1 Å². The Morgan fingerprint density at radius 2 is 2.08 bits per heavy atom. The van der Waals surface area contributed by atoms with Gasteiger partial charge in [0.15, 0.2) is 0 Å². The van der Waals surface area contributed by atoms with Crippen LogP contribution in [0.3, 0.4) is 0 Å². The van der Waals surface area contributed by atoms with Gasteiger partial charge >= 0.3 is 5.97 Å². The van der Waals surface area contributed by atoms with E-state index in [1.807, 2.05) is 48.2 Å². The first-order chi connectivity index (χ1) is 12.5. The summed E-state index contributed by atoms with van der Waals surface area (Å²) in [4.78, 5) is 13.8. The van der Waals surface area contributed by atoms with Crippen molar-refractivity contribution in [3.8, 4) is 5.75 Å². The number of carboxylic acids is 1. The fourth-order valence-electron chi connectivity index (χ4n) is 3.58. The minimum Gasteiger partial charge on any atom is -0.494 e. The van der Waals surface area contributed by atoms with Crippen LogP contribution in [0.1, 0.15) is 36.9 Å². The van der Waals surface area contributed by atoms with Crippen molar-refractivity contribution in [2.75, 3.05) is 13.2 Å². The Labute approximate surface area is 166 Å². The van der Waals surface area contributed by atoms with Crippen molar-refractivity contribution in [3.05, 3.63) is 63.1 Å². The van der Waals surface area contributed by atoms with Gasteiger partial charge in [0.05, 0.1) is 12.6 Å². The van der Waals surface area contributed by atoms with Crippen molar-refractivity contribution in [3.63, 3.8) is 0 Å². The molecule has 1 aliphatic rings. The van der Waals surface area contributed by atoms with Crippen LogP contribution in [-0.2, 0) is 4.79 Å². The van der Waals surface area contributed by atoms with Gasteiger partial charge in [-0.15, -0.1) is 0 Å². The predicted molar refractivity (Wildman–Crippen MR) is 106 cm³/mol. The van der Waals surface area contributed by atoms with E-state index in [2.05, 4.69) is 15.9 Å². The van der Waals surface area contributed by atoms with Crippen LogP contribution in [0, 0.1) is 0 Å². The third-order valence-electron chi connectivity index (χ3n) is 4.66. The normalized spacial score (nSPS) is 18.7. The van der Waals surface area contributed by atoms with E-state index in [4.69, 9.17) is 16.3 Å². The Hall–Kier alpha value is -1.56. The quantitative estimate of drug-likeness (QED) is 0.678. The van der Waals surface area contributed by atoms with E-state index in [-0.39, 0.29) is 6.04 Å². The number of ether oxygens (including phenoxy) is 1. The molecule has 0 radical (unpaired) electrons. The zero-order valence-corrected chi connectivity index (χ0v) is 16.8. The number of hydrogen-bond acceptors (Lipinski definition) is 3. The zero-order valence-electron chi connectivity index (χ0n) is 14.5. The van der Waals surface area contributed by atoms with Crippen LogP contribution >= 0.6 is 27.5 Å². The standard InChI is InChI=1S/C20H21BrClNO3/c1-2-26-18-10-9-15(22)12-16(18)19(13-5-7-14(21)8-6-13)23-11-3-4-17(23)20(24)25/h5-10,12,17,19H,2-4,11H2,1H3,(H,24,25). The van der Waals surface area contributed by atoms with Gasteiger partial charge in [0.1, 0.15) is 11.8 Å². The minimum atomic E-state index is -0.787. The molecule has 6 heteroatoms. The zero-order chi connectivity index (χ0) is 18.7. The molecule has 1 aliphatic heterocycles. The number of aliphatic carboxylic acids is 1. The summed E-state index contributed by atoms with van der Waals surface area (Å²) in [6, 6.07) is 12.8. The number of halogens is 2. The molecular weight excluding hydrogens is 418 g/mol. The first kappa shape index (κ1) is 19.2. The number of carbonyl (C=O) groups is 1. The van der Waals surface area contributed by atoms with Gasteiger partial charge in [-0.05, 0) is 55.7 Å². The lowest BCUT2D eigenvalue weighted by atomic mass is 9.95. The smallest absolute Gasteiger partial charge is 0.320 e. The predicted octanol–water partition coefficient (Wildman–Crippen LogP) is 5.14. The number of benzene rings is 2. The highest BCUT2D eigenvalue weighted by Crippen LogP contribution is 2.40. The number of carboxylic acid groups (broad SMARTS) is 1. The number of rotatable bonds is 6. The van der Waals surface area contributed by atoms with Crippen LogP contribution in [0.25, 0.3) is 0 Å². The Bertz CT molecular complexity index is 781. The molecule has 2 aromatic carbocycles. The molecule has 138 valence electrons. The van der Waals surface area contributed by atoms with Crippen molar-refractivity contribution in [1.82, 2.24) is 4.90 Å². The van der Waals surface area contributed by atoms with E-state index in [9.17, 15) is 9.90 Å². The van der Waals surface area contributed by atoms with Gasteiger partial charge in [-0.3, -0.25) is 9.69 Å². The molecule has 2 unspecified atom stereocenters. The second-order valence-electron chi connectivity index (χ2n) is 6.30. The van der Waals surface area contributed by atoms with Crippen LogP contribution in [0.15, 0.2) is 46.9 Å². The average molecular weight is 439 g/mol. The minimum absolute atomic E-state index is 0.230. The molecule has 1 saturated heterocycles. The van der Waals surface area contributed by atoms with Gasteiger partial charge in [-0.1, -0.05) is 39.7 Å². The van der Waals surface area contributed by atoms with Gasteiger partial charge in [0.2, 0.25) is 0 Å². The van der Waals surface area contributed by atoms with Crippen molar-refractivity contribution in [1.29, 1.82) is 0 Å². The van der Waals surface area contributed by atoms with Crippen LogP contribution in [-0.4, -0.2) is 35.2 Å². The third-order valence-corrected chi connectivity index (χ3v) is 5.43. The summed E-state index contributed by atoms with van der Waals surface area (Å²) in [5.74, 6) is -0.0505. The lowest BCUT2D eigenvalue weighted by Gasteiger charge is -2.33. The van der Waals surface area contributed by atoms with Gasteiger partial charge in [0, 0.05) is 21.6 Å². The monoisotopic (exact) mass is 437 g/mol. The summed E-state index contributed by atoms with van der Waals surface area (Å²) in [6.07, 6.45) is 1.50. The largest absolute Gasteiger partial charge is 0.494 e. The molecule has 0 spiro atoms. The van der Waals surface area contributed by atoms with Crippen molar-refractivity contribution >= 4 is 33.5 Å². The molecule has 0 aliphatic carbocycles. The van der Waals surface area contributed by atoms with Crippen molar-refractivity contribution < 1.29 is 14.6 Å². The first-order valence-electron chi connectivity index (χ1n) is 8.67. The molecule has 2 aromatic rings. The number of nitrogens with zero attached hydrogens (tertiary/aromatic N) is 1. The van der Waals surface area contributed by atoms with Gasteiger partial charge in [-0.2, -0.15) is 0 Å². The maximum atomic E-state index is 11.8. The van der Waals surface area contributed by atoms with E-state index in [1.165, 1.54) is 0 Å². The van der Waals surface area contributed by atoms with E-state index in [0.717, 1.165) is 34.3 Å². The molecule has 1 N–H and O–H groups in total. The van der Waals surface area contributed by atoms with Crippen molar-refractivity contribution in [2.45, 2.75) is 31.8 Å². The van der Waals surface area contributed by atoms with Crippen LogP contribution < -0.4 is 4.74 Å². The van der Waals surface area contributed by atoms with Gasteiger partial charge in [0.25, 0.3) is 0 Å². The Balaban J connectivity index is 2.13. The second-order valence-corrected chi connectivity index (χ2v) is 7.66. The Morgan fingerprint density at radius 3 is 2.73 bits per heavy atom. The summed E-state index contributed by atoms with van der Waals surface area (Å²) < 4.78 is 6.81. The summed E-state index contributed by atoms with van der Waals surface area (Å²) in [7, 11) is 0. The van der Waals surface area contributed by atoms with E-state index >= 15 is 0 Å². The number of likely N-dealkylation sites (tertiary alicyclic amines) is 1. The molecular formula is C20H21BrClNO3. The maximum Gasteiger partial charge on any atom is 0.320 e. The summed E-state index contributed by atoms with van der Waals surface area (Å²) in [6.45, 7) is 3.18. The Kier molecular flexibility index (Phi) is 6.22. The molecule has 4 nitrogen and oxygen atoms in total. The molecule has 1 fully saturated rings. The highest BCUT2D eigenvalue weighted by molar-refractivity contribution is 9.10. The van der Waals surface area contributed by atoms with Gasteiger partial charge in [-0.25, -0.2) is 0 Å². The summed E-state index contributed by atoms with van der Waals surface area (Å²) >= 11 is 9.75. The second kappa shape index (κ2) is 8.42. The average Bonchev–Trinajstić information content (AvgIpc) is 3.09. The number of hydrogen-bond donors (Lipinski definition) is 1. The highest BCUT2D eigenvalue weighted by atomic mass is 79.9. The fraction of sp³-hybridized carbons (Fsp3) is 0.350. The Morgan fingerprint density at radius 1 is 1.35 bits per heavy atom. The molecule has 1 heterocycles. The van der Waals surface area contributed by atoms with Crippen molar-refractivity contribution in [2.24, 2.45) is 0 Å². The molecule has 0 aromatic heterocycles. The lowest BCUT2D eigenvalue weighted by molar-refractivity contribution is -0.142. The summed E-state index contributed by atoms with van der Waals surface area (Å²) in [5.41, 5.74) is 1.92. The maximum absolute atomic E-state index is 11.8. The topological polar surface area (TPSA) is 49.8 Å². The van der Waals surface area contributed by atoms with E-state index < -0.39 is 12.0 Å². The highest BCUT2D eigenvalue weighted by Gasteiger charge is 2.38. The SMILES string of the molecule is CCOc1ccc(Cl)cc1C(c1ccc(Br)cc1)N1CCCC1C(=O)O. The molecule has 0 bridgehead atoms. The molecule has 2 atom stereocenters. The van der Waals surface area contributed by atoms with Crippen LogP contribution in [0.2, 0.25) is 5.02 Å². The summed E-state index contributed by atoms with van der Waals surface area (Å²) in [5, 5.41) is 10.3. The lowest BCUT2D eigenvalue weighted by Crippen LogP contribution is -2.39. The first-order valence-corrected chi connectivity index (χ1v) is 9.84. The fourth-order valence-corrected chi connectivity index (χ4v) is 4.02. The molecule has 0 amide bonds. The van der Waals surface area contributed by atoms with E-state index in [1.54, 1.807) is 6.07 Å². The molecule has 3 rings (SSSR count). The molecule has 26 heavy (non-hydrogen) atoms. The molecule has 0 saturated carbocycles. The third kappa shape index (κ3) is 4.05. The van der Waals surface area contributed by atoms with Gasteiger partial charge < -0.3 is 9.84 Å². The van der Waals surface area contributed by atoms with Crippen LogP contribution in [0.5, 0.6) is 5.75 Å².